The van der Waals surface area contributed by atoms with Crippen molar-refractivity contribution in [3.05, 3.63) is 54.1 Å². The van der Waals surface area contributed by atoms with Crippen molar-refractivity contribution in [2.45, 2.75) is 52.7 Å². The van der Waals surface area contributed by atoms with Crippen molar-refractivity contribution in [1.82, 2.24) is 0 Å². The Labute approximate surface area is 166 Å². The van der Waals surface area contributed by atoms with Crippen LogP contribution in [0.25, 0.3) is 0 Å². The molecule has 0 radical (unpaired) electrons. The van der Waals surface area contributed by atoms with E-state index in [1.165, 1.54) is 12.5 Å². The lowest BCUT2D eigenvalue weighted by Gasteiger charge is -2.27. The fourth-order valence-corrected chi connectivity index (χ4v) is 3.75. The Hall–Kier alpha value is -2.82. The van der Waals surface area contributed by atoms with Crippen molar-refractivity contribution in [1.29, 1.82) is 0 Å². The van der Waals surface area contributed by atoms with Crippen LogP contribution in [0.4, 0.5) is 11.4 Å². The summed E-state index contributed by atoms with van der Waals surface area (Å²) in [4.78, 5) is 28.8. The Balaban J connectivity index is 1.76. The summed E-state index contributed by atoms with van der Waals surface area (Å²) in [6, 6.07) is 15.6. The van der Waals surface area contributed by atoms with Crippen LogP contribution in [-0.2, 0) is 16.0 Å². The van der Waals surface area contributed by atoms with E-state index in [1.807, 2.05) is 61.2 Å². The Morgan fingerprint density at radius 2 is 1.82 bits per heavy atom. The van der Waals surface area contributed by atoms with E-state index < -0.39 is 0 Å². The number of nitrogens with zero attached hydrogens (tertiary/aromatic N) is 2. The van der Waals surface area contributed by atoms with Gasteiger partial charge in [-0.3, -0.25) is 9.59 Å². The number of carbonyl (C=O) groups excluding carboxylic acids is 2. The van der Waals surface area contributed by atoms with Crippen molar-refractivity contribution >= 4 is 23.2 Å². The number of hydrogen-bond acceptors (Lipinski definition) is 3. The maximum atomic E-state index is 13.0. The zero-order chi connectivity index (χ0) is 20.3. The number of para-hydroxylation sites is 3. The summed E-state index contributed by atoms with van der Waals surface area (Å²) in [5.74, 6) is 0.577. The van der Waals surface area contributed by atoms with Gasteiger partial charge in [0.1, 0.15) is 5.75 Å². The number of amides is 2. The topological polar surface area (TPSA) is 49.9 Å². The standard InChI is InChI=1S/C23H28N2O3/c1-16(2)28-22-12-8-7-11-21(22)24(18(4)26)14-13-23(27)25-17(3)15-19-9-5-6-10-20(19)25/h5-12,16-17H,13-15H2,1-4H3. The van der Waals surface area contributed by atoms with E-state index in [4.69, 9.17) is 4.74 Å². The zero-order valence-corrected chi connectivity index (χ0v) is 17.0. The number of ether oxygens (including phenoxy) is 1. The lowest BCUT2D eigenvalue weighted by molar-refractivity contribution is -0.119. The molecule has 1 heterocycles. The normalized spacial score (nSPS) is 15.5. The molecule has 1 atom stereocenters. The van der Waals surface area contributed by atoms with Gasteiger partial charge in [0.05, 0.1) is 11.8 Å². The van der Waals surface area contributed by atoms with Gasteiger partial charge < -0.3 is 14.5 Å². The molecule has 3 rings (SSSR count). The molecule has 0 fully saturated rings. The van der Waals surface area contributed by atoms with Gasteiger partial charge in [-0.25, -0.2) is 0 Å². The minimum Gasteiger partial charge on any atom is -0.489 e. The summed E-state index contributed by atoms with van der Waals surface area (Å²) < 4.78 is 5.86. The fourth-order valence-electron chi connectivity index (χ4n) is 3.75. The largest absolute Gasteiger partial charge is 0.489 e. The summed E-state index contributed by atoms with van der Waals surface area (Å²) in [5.41, 5.74) is 2.88. The number of fused-ring (bicyclic) bond motifs is 1. The van der Waals surface area contributed by atoms with E-state index in [0.29, 0.717) is 18.0 Å². The van der Waals surface area contributed by atoms with Crippen LogP contribution in [-0.4, -0.2) is 30.5 Å². The highest BCUT2D eigenvalue weighted by atomic mass is 16.5. The molecule has 0 saturated heterocycles. The molecular weight excluding hydrogens is 352 g/mol. The maximum absolute atomic E-state index is 13.0. The van der Waals surface area contributed by atoms with Crippen molar-refractivity contribution < 1.29 is 14.3 Å². The van der Waals surface area contributed by atoms with Gasteiger partial charge >= 0.3 is 0 Å². The Kier molecular flexibility index (Phi) is 6.02. The monoisotopic (exact) mass is 380 g/mol. The molecule has 2 aromatic carbocycles. The summed E-state index contributed by atoms with van der Waals surface area (Å²) >= 11 is 0. The smallest absolute Gasteiger partial charge is 0.229 e. The minimum absolute atomic E-state index is 0.00135. The molecule has 148 valence electrons. The number of anilines is 2. The predicted octanol–water partition coefficient (Wildman–Crippen LogP) is 4.19. The average molecular weight is 380 g/mol. The second-order valence-electron chi connectivity index (χ2n) is 7.50. The molecular formula is C23H28N2O3. The molecule has 5 heteroatoms. The highest BCUT2D eigenvalue weighted by Crippen LogP contribution is 2.33. The van der Waals surface area contributed by atoms with E-state index in [2.05, 4.69) is 13.0 Å². The van der Waals surface area contributed by atoms with E-state index >= 15 is 0 Å². The summed E-state index contributed by atoms with van der Waals surface area (Å²) in [7, 11) is 0. The molecule has 1 unspecified atom stereocenters. The number of rotatable bonds is 6. The first-order valence-electron chi connectivity index (χ1n) is 9.82. The SMILES string of the molecule is CC(=O)N(CCC(=O)N1c2ccccc2CC1C)c1ccccc1OC(C)C. The molecule has 2 amide bonds. The molecule has 0 N–H and O–H groups in total. The van der Waals surface area contributed by atoms with E-state index in [1.54, 1.807) is 4.90 Å². The number of benzene rings is 2. The Morgan fingerprint density at radius 1 is 1.14 bits per heavy atom. The van der Waals surface area contributed by atoms with Crippen molar-refractivity contribution in [3.8, 4) is 5.75 Å². The highest BCUT2D eigenvalue weighted by Gasteiger charge is 2.30. The minimum atomic E-state index is -0.109. The maximum Gasteiger partial charge on any atom is 0.229 e. The Bertz CT molecular complexity index is 862. The third-order valence-corrected chi connectivity index (χ3v) is 4.92. The molecule has 0 bridgehead atoms. The summed E-state index contributed by atoms with van der Waals surface area (Å²) in [6.07, 6.45) is 1.12. The summed E-state index contributed by atoms with van der Waals surface area (Å²) in [5, 5.41) is 0. The van der Waals surface area contributed by atoms with Crippen LogP contribution in [0.2, 0.25) is 0 Å². The molecule has 0 saturated carbocycles. The average Bonchev–Trinajstić information content (AvgIpc) is 2.98. The molecule has 28 heavy (non-hydrogen) atoms. The van der Waals surface area contributed by atoms with Gasteiger partial charge in [0.2, 0.25) is 11.8 Å². The first-order chi connectivity index (χ1) is 13.4. The zero-order valence-electron chi connectivity index (χ0n) is 17.0. The van der Waals surface area contributed by atoms with Crippen molar-refractivity contribution in [2.75, 3.05) is 16.3 Å². The van der Waals surface area contributed by atoms with Crippen LogP contribution in [0, 0.1) is 0 Å². The van der Waals surface area contributed by atoms with E-state index in [0.717, 1.165) is 12.1 Å². The van der Waals surface area contributed by atoms with Crippen LogP contribution >= 0.6 is 0 Å². The second-order valence-corrected chi connectivity index (χ2v) is 7.50. The van der Waals surface area contributed by atoms with Gasteiger partial charge in [-0.2, -0.15) is 0 Å². The van der Waals surface area contributed by atoms with Gasteiger partial charge in [-0.05, 0) is 51.0 Å². The van der Waals surface area contributed by atoms with Gasteiger partial charge in [0.25, 0.3) is 0 Å². The number of carbonyl (C=O) groups is 2. The number of hydrogen-bond donors (Lipinski definition) is 0. The van der Waals surface area contributed by atoms with Gasteiger partial charge in [0, 0.05) is 31.6 Å². The molecule has 1 aliphatic heterocycles. The lowest BCUT2D eigenvalue weighted by atomic mass is 10.1. The molecule has 0 spiro atoms. The van der Waals surface area contributed by atoms with Crippen LogP contribution in [0.15, 0.2) is 48.5 Å². The second kappa shape index (κ2) is 8.46. The van der Waals surface area contributed by atoms with Crippen LogP contribution in [0.1, 0.15) is 39.7 Å². The van der Waals surface area contributed by atoms with Crippen LogP contribution < -0.4 is 14.5 Å². The van der Waals surface area contributed by atoms with Gasteiger partial charge in [-0.15, -0.1) is 0 Å². The molecule has 2 aromatic rings. The van der Waals surface area contributed by atoms with E-state index in [-0.39, 0.29) is 30.4 Å². The van der Waals surface area contributed by atoms with Crippen LogP contribution in [0.3, 0.4) is 0 Å². The molecule has 0 aliphatic carbocycles. The Morgan fingerprint density at radius 3 is 2.54 bits per heavy atom. The van der Waals surface area contributed by atoms with Crippen molar-refractivity contribution in [3.63, 3.8) is 0 Å². The van der Waals surface area contributed by atoms with Gasteiger partial charge in [-0.1, -0.05) is 30.3 Å². The first kappa shape index (κ1) is 19.9. The summed E-state index contributed by atoms with van der Waals surface area (Å²) in [6.45, 7) is 7.80. The quantitative estimate of drug-likeness (QED) is 0.755. The third kappa shape index (κ3) is 4.19. The van der Waals surface area contributed by atoms with Gasteiger partial charge in [0.15, 0.2) is 0 Å². The predicted molar refractivity (Wildman–Crippen MR) is 112 cm³/mol. The molecule has 5 nitrogen and oxygen atoms in total. The molecule has 1 aliphatic rings. The highest BCUT2D eigenvalue weighted by molar-refractivity contribution is 5.98. The first-order valence-corrected chi connectivity index (χ1v) is 9.82. The molecule has 0 aromatic heterocycles. The fraction of sp³-hybridized carbons (Fsp3) is 0.391. The van der Waals surface area contributed by atoms with Crippen LogP contribution in [0.5, 0.6) is 5.75 Å². The van der Waals surface area contributed by atoms with E-state index in [9.17, 15) is 9.59 Å². The van der Waals surface area contributed by atoms with Crippen molar-refractivity contribution in [2.24, 2.45) is 0 Å². The third-order valence-electron chi connectivity index (χ3n) is 4.92. The lowest BCUT2D eigenvalue weighted by Crippen LogP contribution is -2.39.